The smallest absolute Gasteiger partial charge is 0.176 e. The lowest BCUT2D eigenvalue weighted by molar-refractivity contribution is 0.602. The van der Waals surface area contributed by atoms with Crippen LogP contribution in [0.5, 0.6) is 0 Å². The van der Waals surface area contributed by atoms with Crippen LogP contribution in [-0.4, -0.2) is 14.7 Å². The highest BCUT2D eigenvalue weighted by atomic mass is 32.2. The molecule has 3 aromatic rings. The highest BCUT2D eigenvalue weighted by molar-refractivity contribution is 7.91. The molecule has 0 bridgehead atoms. The van der Waals surface area contributed by atoms with Crippen LogP contribution >= 0.6 is 11.3 Å². The van der Waals surface area contributed by atoms with Gasteiger partial charge in [-0.25, -0.2) is 8.42 Å². The van der Waals surface area contributed by atoms with E-state index >= 15 is 0 Å². The van der Waals surface area contributed by atoms with Crippen molar-refractivity contribution in [3.05, 3.63) is 65.7 Å². The summed E-state index contributed by atoms with van der Waals surface area (Å²) in [7, 11) is -3.31. The van der Waals surface area contributed by atoms with Crippen LogP contribution in [0.15, 0.2) is 59.5 Å². The topological polar surface area (TPSA) is 34.1 Å². The minimum atomic E-state index is -3.31. The zero-order valence-electron chi connectivity index (χ0n) is 16.5. The third-order valence-corrected chi connectivity index (χ3v) is 7.28. The highest BCUT2D eigenvalue weighted by Crippen LogP contribution is 2.41. The van der Waals surface area contributed by atoms with E-state index < -0.39 is 9.84 Å². The minimum Gasteiger partial charge on any atom is -0.224 e. The average Bonchev–Trinajstić information content (AvgIpc) is 3.07. The molecular weight excluding hydrogens is 372 g/mol. The van der Waals surface area contributed by atoms with Gasteiger partial charge < -0.3 is 0 Å². The number of benzene rings is 2. The van der Waals surface area contributed by atoms with Gasteiger partial charge in [0, 0.05) is 11.1 Å². The van der Waals surface area contributed by atoms with Gasteiger partial charge in [0.15, 0.2) is 9.84 Å². The van der Waals surface area contributed by atoms with Crippen LogP contribution < -0.4 is 0 Å². The summed E-state index contributed by atoms with van der Waals surface area (Å²) >= 11 is 1.54. The quantitative estimate of drug-likeness (QED) is 0.477. The molecule has 0 atom stereocenters. The molecule has 0 unspecified atom stereocenters. The molecule has 0 aliphatic heterocycles. The predicted octanol–water partition coefficient (Wildman–Crippen LogP) is 6.73. The van der Waals surface area contributed by atoms with Crippen molar-refractivity contribution in [2.45, 2.75) is 44.4 Å². The Morgan fingerprint density at radius 1 is 0.741 bits per heavy atom. The second kappa shape index (κ2) is 7.61. The zero-order chi connectivity index (χ0) is 19.8. The standard InChI is InChI=1S/C23H26O2S2/c1-15(2)17-6-10-19(11-7-17)21-14-22(27(5,24)25)23(26-21)20-12-8-18(9-13-20)16(3)4/h6-16H,1-5H3. The Kier molecular flexibility index (Phi) is 5.59. The van der Waals surface area contributed by atoms with Crippen LogP contribution in [0.25, 0.3) is 20.9 Å². The summed E-state index contributed by atoms with van der Waals surface area (Å²) in [6.45, 7) is 8.64. The van der Waals surface area contributed by atoms with Gasteiger partial charge in [-0.05, 0) is 40.2 Å². The summed E-state index contributed by atoms with van der Waals surface area (Å²) in [5.41, 5.74) is 4.54. The number of rotatable bonds is 5. The molecule has 0 saturated carbocycles. The van der Waals surface area contributed by atoms with Gasteiger partial charge >= 0.3 is 0 Å². The summed E-state index contributed by atoms with van der Waals surface area (Å²) in [5.74, 6) is 0.927. The van der Waals surface area contributed by atoms with Crippen LogP contribution in [0.4, 0.5) is 0 Å². The molecule has 0 spiro atoms. The molecule has 2 nitrogen and oxygen atoms in total. The maximum Gasteiger partial charge on any atom is 0.176 e. The number of hydrogen-bond acceptors (Lipinski definition) is 3. The Morgan fingerprint density at radius 2 is 1.19 bits per heavy atom. The third kappa shape index (κ3) is 4.33. The Hall–Kier alpha value is -1.91. The fourth-order valence-corrected chi connectivity index (χ4v) is 5.55. The maximum absolute atomic E-state index is 12.4. The number of sulfone groups is 1. The minimum absolute atomic E-state index is 0.410. The normalized spacial score (nSPS) is 12.1. The first kappa shape index (κ1) is 19.8. The maximum atomic E-state index is 12.4. The number of thiophene rings is 1. The summed E-state index contributed by atoms with van der Waals surface area (Å²) in [6, 6.07) is 18.5. The average molecular weight is 399 g/mol. The van der Waals surface area contributed by atoms with Gasteiger partial charge in [0.25, 0.3) is 0 Å². The molecule has 0 amide bonds. The molecule has 3 rings (SSSR count). The van der Waals surface area contributed by atoms with Gasteiger partial charge in [-0.1, -0.05) is 76.2 Å². The lowest BCUT2D eigenvalue weighted by Gasteiger charge is -2.07. The van der Waals surface area contributed by atoms with Crippen molar-refractivity contribution in [1.82, 2.24) is 0 Å². The van der Waals surface area contributed by atoms with Gasteiger partial charge in [-0.2, -0.15) is 0 Å². The lowest BCUT2D eigenvalue weighted by atomic mass is 10.0. The molecule has 0 aliphatic carbocycles. The fraction of sp³-hybridized carbons (Fsp3) is 0.304. The van der Waals surface area contributed by atoms with Crippen molar-refractivity contribution in [3.8, 4) is 20.9 Å². The molecule has 0 saturated heterocycles. The van der Waals surface area contributed by atoms with Crippen molar-refractivity contribution in [2.24, 2.45) is 0 Å². The second-order valence-corrected chi connectivity index (χ2v) is 10.7. The van der Waals surface area contributed by atoms with Crippen molar-refractivity contribution in [1.29, 1.82) is 0 Å². The summed E-state index contributed by atoms with van der Waals surface area (Å²) in [4.78, 5) is 2.21. The van der Waals surface area contributed by atoms with Crippen LogP contribution in [0.3, 0.4) is 0 Å². The molecule has 0 radical (unpaired) electrons. The Morgan fingerprint density at radius 3 is 1.59 bits per heavy atom. The molecule has 0 aliphatic rings. The monoisotopic (exact) mass is 398 g/mol. The van der Waals surface area contributed by atoms with Gasteiger partial charge in [-0.15, -0.1) is 11.3 Å². The van der Waals surface area contributed by atoms with E-state index in [1.165, 1.54) is 17.4 Å². The van der Waals surface area contributed by atoms with Gasteiger partial charge in [0.2, 0.25) is 0 Å². The largest absolute Gasteiger partial charge is 0.224 e. The lowest BCUT2D eigenvalue weighted by Crippen LogP contribution is -1.96. The first-order valence-electron chi connectivity index (χ1n) is 9.21. The van der Waals surface area contributed by atoms with E-state index in [0.717, 1.165) is 20.9 Å². The van der Waals surface area contributed by atoms with Crippen LogP contribution in [0.1, 0.15) is 50.7 Å². The van der Waals surface area contributed by atoms with Crippen LogP contribution in [0, 0.1) is 0 Å². The van der Waals surface area contributed by atoms with Gasteiger partial charge in [0.05, 0.1) is 9.77 Å². The third-order valence-electron chi connectivity index (χ3n) is 4.80. The van der Waals surface area contributed by atoms with Crippen molar-refractivity contribution < 1.29 is 8.42 Å². The molecule has 2 aromatic carbocycles. The van der Waals surface area contributed by atoms with E-state index in [9.17, 15) is 8.42 Å². The van der Waals surface area contributed by atoms with E-state index in [1.54, 1.807) is 11.3 Å². The summed E-state index contributed by atoms with van der Waals surface area (Å²) < 4.78 is 24.8. The first-order valence-corrected chi connectivity index (χ1v) is 11.9. The Labute approximate surface area is 166 Å². The van der Waals surface area contributed by atoms with Crippen molar-refractivity contribution in [2.75, 3.05) is 6.26 Å². The van der Waals surface area contributed by atoms with E-state index in [4.69, 9.17) is 0 Å². The fourth-order valence-electron chi connectivity index (χ4n) is 3.04. The first-order chi connectivity index (χ1) is 12.7. The Bertz CT molecular complexity index is 1020. The molecule has 0 fully saturated rings. The molecular formula is C23H26O2S2. The molecule has 4 heteroatoms. The van der Waals surface area contributed by atoms with Gasteiger partial charge in [0.1, 0.15) is 0 Å². The molecule has 1 heterocycles. The zero-order valence-corrected chi connectivity index (χ0v) is 18.1. The Balaban J connectivity index is 2.08. The summed E-state index contributed by atoms with van der Waals surface area (Å²) in [6.07, 6.45) is 1.28. The van der Waals surface area contributed by atoms with Crippen LogP contribution in [-0.2, 0) is 9.84 Å². The predicted molar refractivity (Wildman–Crippen MR) is 116 cm³/mol. The van der Waals surface area contributed by atoms with E-state index in [0.29, 0.717) is 16.7 Å². The highest BCUT2D eigenvalue weighted by Gasteiger charge is 2.20. The van der Waals surface area contributed by atoms with Crippen LogP contribution in [0.2, 0.25) is 0 Å². The van der Waals surface area contributed by atoms with Crippen molar-refractivity contribution >= 4 is 21.2 Å². The van der Waals surface area contributed by atoms with Crippen molar-refractivity contribution in [3.63, 3.8) is 0 Å². The van der Waals surface area contributed by atoms with E-state index in [2.05, 4.69) is 64.1 Å². The molecule has 27 heavy (non-hydrogen) atoms. The van der Waals surface area contributed by atoms with E-state index in [1.807, 2.05) is 18.2 Å². The molecule has 0 N–H and O–H groups in total. The van der Waals surface area contributed by atoms with Gasteiger partial charge in [-0.3, -0.25) is 0 Å². The number of hydrogen-bond donors (Lipinski definition) is 0. The molecule has 142 valence electrons. The SMILES string of the molecule is CC(C)c1ccc(-c2cc(S(C)(=O)=O)c(-c3ccc(C(C)C)cc3)s2)cc1. The second-order valence-electron chi connectivity index (χ2n) is 7.63. The summed E-state index contributed by atoms with van der Waals surface area (Å²) in [5, 5.41) is 0. The molecule has 1 aromatic heterocycles. The van der Waals surface area contributed by atoms with E-state index in [-0.39, 0.29) is 0 Å².